The number of thioether (sulfide) groups is 1. The number of fused-ring (bicyclic) bond motifs is 1. The largest absolute Gasteiger partial charge is 0.347 e. The number of hydrogen-bond donors (Lipinski definition) is 1. The van der Waals surface area contributed by atoms with E-state index in [9.17, 15) is 4.79 Å². The van der Waals surface area contributed by atoms with Crippen LogP contribution in [0.25, 0.3) is 11.4 Å². The molecule has 0 saturated carbocycles. The molecular formula is C17H17N5O2S. The van der Waals surface area contributed by atoms with Crippen molar-refractivity contribution in [2.75, 3.05) is 13.1 Å². The number of nitrogens with zero attached hydrogens (tertiary/aromatic N) is 4. The average molecular weight is 355 g/mol. The van der Waals surface area contributed by atoms with Crippen LogP contribution in [0.1, 0.15) is 17.9 Å². The lowest BCUT2D eigenvalue weighted by Gasteiger charge is -2.15. The Morgan fingerprint density at radius 3 is 3.24 bits per heavy atom. The van der Waals surface area contributed by atoms with Crippen molar-refractivity contribution in [2.24, 2.45) is 4.99 Å². The molecule has 1 aromatic carbocycles. The van der Waals surface area contributed by atoms with Crippen LogP contribution in [0.15, 0.2) is 44.9 Å². The highest BCUT2D eigenvalue weighted by molar-refractivity contribution is 8.16. The summed E-state index contributed by atoms with van der Waals surface area (Å²) in [6.07, 6.45) is 0.324. The molecule has 1 N–H and O–H groups in total. The van der Waals surface area contributed by atoms with Gasteiger partial charge in [0.25, 0.3) is 0 Å². The highest BCUT2D eigenvalue weighted by Crippen LogP contribution is 2.30. The number of aliphatic imine (C=N–C) groups is 1. The van der Waals surface area contributed by atoms with E-state index in [2.05, 4.69) is 25.3 Å². The first-order valence-corrected chi connectivity index (χ1v) is 8.91. The van der Waals surface area contributed by atoms with Gasteiger partial charge in [-0.1, -0.05) is 40.7 Å². The molecule has 2 aliphatic rings. The number of amides is 1. The first-order chi connectivity index (χ1) is 12.2. The van der Waals surface area contributed by atoms with Gasteiger partial charge in [-0.15, -0.1) is 0 Å². The van der Waals surface area contributed by atoms with Crippen LogP contribution in [0.2, 0.25) is 0 Å². The third-order valence-electron chi connectivity index (χ3n) is 3.97. The summed E-state index contributed by atoms with van der Waals surface area (Å²) in [5, 5.41) is 9.78. The van der Waals surface area contributed by atoms with Gasteiger partial charge in [0.2, 0.25) is 17.6 Å². The van der Waals surface area contributed by atoms with Gasteiger partial charge in [-0.25, -0.2) is 0 Å². The minimum atomic E-state index is -0.0738. The van der Waals surface area contributed by atoms with Crippen molar-refractivity contribution in [1.29, 1.82) is 0 Å². The van der Waals surface area contributed by atoms with E-state index in [0.717, 1.165) is 35.1 Å². The number of benzene rings is 1. The maximum Gasteiger partial charge on any atom is 0.246 e. The number of carbonyl (C=O) groups is 1. The molecule has 0 atom stereocenters. The number of amidine groups is 1. The minimum absolute atomic E-state index is 0.0738. The Kier molecular flexibility index (Phi) is 4.27. The zero-order chi connectivity index (χ0) is 17.2. The number of nitrogens with one attached hydrogen (secondary N) is 1. The van der Waals surface area contributed by atoms with Crippen LogP contribution >= 0.6 is 11.8 Å². The summed E-state index contributed by atoms with van der Waals surface area (Å²) in [6, 6.07) is 7.88. The van der Waals surface area contributed by atoms with Gasteiger partial charge in [0.15, 0.2) is 5.17 Å². The average Bonchev–Trinajstić information content (AvgIpc) is 3.31. The molecule has 0 unspecified atom stereocenters. The van der Waals surface area contributed by atoms with E-state index >= 15 is 0 Å². The molecule has 8 heteroatoms. The van der Waals surface area contributed by atoms with Crippen LogP contribution in [0.5, 0.6) is 0 Å². The van der Waals surface area contributed by atoms with Gasteiger partial charge in [-0.05, 0) is 18.4 Å². The molecule has 3 heterocycles. The topological polar surface area (TPSA) is 83.6 Å². The van der Waals surface area contributed by atoms with Crippen LogP contribution in [-0.4, -0.2) is 39.2 Å². The van der Waals surface area contributed by atoms with Crippen molar-refractivity contribution in [1.82, 2.24) is 20.4 Å². The molecule has 0 bridgehead atoms. The van der Waals surface area contributed by atoms with Crippen LogP contribution in [0.3, 0.4) is 0 Å². The lowest BCUT2D eigenvalue weighted by Crippen LogP contribution is -2.28. The molecule has 0 aliphatic carbocycles. The second-order valence-corrected chi connectivity index (χ2v) is 6.71. The quantitative estimate of drug-likeness (QED) is 0.886. The summed E-state index contributed by atoms with van der Waals surface area (Å²) in [4.78, 5) is 23.0. The van der Waals surface area contributed by atoms with Gasteiger partial charge in [-0.2, -0.15) is 4.98 Å². The van der Waals surface area contributed by atoms with Gasteiger partial charge in [0, 0.05) is 17.8 Å². The molecule has 7 nitrogen and oxygen atoms in total. The summed E-state index contributed by atoms with van der Waals surface area (Å²) >= 11 is 1.57. The van der Waals surface area contributed by atoms with Crippen molar-refractivity contribution < 1.29 is 9.32 Å². The molecule has 4 rings (SSSR count). The third kappa shape index (κ3) is 3.43. The van der Waals surface area contributed by atoms with E-state index in [0.29, 0.717) is 18.1 Å². The van der Waals surface area contributed by atoms with Gasteiger partial charge in [0.05, 0.1) is 19.5 Å². The van der Waals surface area contributed by atoms with E-state index in [1.165, 1.54) is 0 Å². The minimum Gasteiger partial charge on any atom is -0.347 e. The lowest BCUT2D eigenvalue weighted by atomic mass is 10.1. The summed E-state index contributed by atoms with van der Waals surface area (Å²) in [5.41, 5.74) is 3.02. The summed E-state index contributed by atoms with van der Waals surface area (Å²) in [5.74, 6) is 0.846. The molecule has 0 radical (unpaired) electrons. The summed E-state index contributed by atoms with van der Waals surface area (Å²) < 4.78 is 5.22. The Labute approximate surface area is 149 Å². The van der Waals surface area contributed by atoms with Crippen LogP contribution in [-0.2, 0) is 11.3 Å². The maximum atomic E-state index is 12.2. The molecule has 2 aliphatic heterocycles. The highest BCUT2D eigenvalue weighted by atomic mass is 32.2. The van der Waals surface area contributed by atoms with Crippen molar-refractivity contribution in [2.45, 2.75) is 19.9 Å². The maximum absolute atomic E-state index is 12.2. The molecular weight excluding hydrogens is 338 g/mol. The zero-order valence-corrected chi connectivity index (χ0v) is 14.5. The predicted molar refractivity (Wildman–Crippen MR) is 95.6 cm³/mol. The molecule has 1 amide bonds. The fraction of sp³-hybridized carbons (Fsp3) is 0.294. The molecule has 0 fully saturated rings. The van der Waals surface area contributed by atoms with E-state index < -0.39 is 0 Å². The molecule has 0 spiro atoms. The van der Waals surface area contributed by atoms with Gasteiger partial charge in [-0.3, -0.25) is 9.79 Å². The second-order valence-electron chi connectivity index (χ2n) is 5.88. The molecule has 2 aromatic rings. The van der Waals surface area contributed by atoms with Gasteiger partial charge >= 0.3 is 0 Å². The van der Waals surface area contributed by atoms with E-state index in [-0.39, 0.29) is 12.5 Å². The Hall–Kier alpha value is -2.61. The number of carbonyl (C=O) groups excluding carboxylic acids is 1. The zero-order valence-electron chi connectivity index (χ0n) is 13.7. The normalized spacial score (nSPS) is 15.8. The van der Waals surface area contributed by atoms with Gasteiger partial charge in [0.1, 0.15) is 0 Å². The smallest absolute Gasteiger partial charge is 0.246 e. The van der Waals surface area contributed by atoms with Crippen molar-refractivity contribution in [3.05, 3.63) is 46.8 Å². The first kappa shape index (κ1) is 15.9. The fourth-order valence-corrected chi connectivity index (χ4v) is 3.70. The van der Waals surface area contributed by atoms with Crippen LogP contribution < -0.4 is 5.32 Å². The Morgan fingerprint density at radius 2 is 2.36 bits per heavy atom. The molecule has 25 heavy (non-hydrogen) atoms. The summed E-state index contributed by atoms with van der Waals surface area (Å²) in [7, 11) is 0. The van der Waals surface area contributed by atoms with Crippen molar-refractivity contribution in [3.63, 3.8) is 0 Å². The summed E-state index contributed by atoms with van der Waals surface area (Å²) in [6.45, 7) is 3.88. The Morgan fingerprint density at radius 1 is 1.44 bits per heavy atom. The van der Waals surface area contributed by atoms with E-state index in [1.54, 1.807) is 11.8 Å². The lowest BCUT2D eigenvalue weighted by molar-refractivity contribution is -0.120. The SMILES string of the molecule is Cc1cccc(-c2noc(CNC(=O)CC3=CSC4=NCCN34)n2)c1. The van der Waals surface area contributed by atoms with E-state index in [1.807, 2.05) is 36.6 Å². The van der Waals surface area contributed by atoms with Crippen molar-refractivity contribution >= 4 is 22.8 Å². The molecule has 0 saturated heterocycles. The second kappa shape index (κ2) is 6.72. The number of hydrogen-bond acceptors (Lipinski definition) is 7. The molecule has 128 valence electrons. The highest BCUT2D eigenvalue weighted by Gasteiger charge is 2.27. The van der Waals surface area contributed by atoms with Crippen LogP contribution in [0, 0.1) is 6.92 Å². The first-order valence-electron chi connectivity index (χ1n) is 8.03. The van der Waals surface area contributed by atoms with Crippen LogP contribution in [0.4, 0.5) is 0 Å². The Bertz CT molecular complexity index is 873. The number of aryl methyl sites for hydroxylation is 1. The van der Waals surface area contributed by atoms with Crippen molar-refractivity contribution in [3.8, 4) is 11.4 Å². The standard InChI is InChI=1S/C17H17N5O2S/c1-11-3-2-4-12(7-11)16-20-15(24-21-16)9-19-14(23)8-13-10-25-17-18-5-6-22(13)17/h2-4,7,10H,5-6,8-9H2,1H3,(H,19,23). The third-order valence-corrected chi connectivity index (χ3v) is 4.92. The Balaban J connectivity index is 1.33. The molecule has 1 aromatic heterocycles. The monoisotopic (exact) mass is 355 g/mol. The predicted octanol–water partition coefficient (Wildman–Crippen LogP) is 2.31. The fourth-order valence-electron chi connectivity index (χ4n) is 2.74. The number of rotatable bonds is 5. The van der Waals surface area contributed by atoms with E-state index in [4.69, 9.17) is 4.52 Å². The number of aromatic nitrogens is 2. The van der Waals surface area contributed by atoms with Gasteiger partial charge < -0.3 is 14.7 Å².